The molecule has 0 spiro atoms. The van der Waals surface area contributed by atoms with E-state index in [9.17, 15) is 9.59 Å². The summed E-state index contributed by atoms with van der Waals surface area (Å²) in [7, 11) is 0. The van der Waals surface area contributed by atoms with Crippen molar-refractivity contribution in [1.29, 1.82) is 0 Å². The van der Waals surface area contributed by atoms with Gasteiger partial charge in [0.05, 0.1) is 12.7 Å². The Kier molecular flexibility index (Phi) is 7.00. The van der Waals surface area contributed by atoms with Crippen LogP contribution in [0.15, 0.2) is 48.8 Å². The van der Waals surface area contributed by atoms with Crippen LogP contribution in [0.4, 0.5) is 0 Å². The molecule has 0 saturated heterocycles. The number of nitrogens with one attached hydrogen (secondary N) is 1. The molecule has 0 bridgehead atoms. The van der Waals surface area contributed by atoms with Gasteiger partial charge in [0.1, 0.15) is 0 Å². The molecule has 2 aromatic rings. The molecule has 6 nitrogen and oxygen atoms in total. The lowest BCUT2D eigenvalue weighted by Gasteiger charge is -2.29. The first kappa shape index (κ1) is 19.9. The van der Waals surface area contributed by atoms with Crippen LogP contribution < -0.4 is 5.32 Å². The van der Waals surface area contributed by atoms with E-state index in [1.54, 1.807) is 17.0 Å². The van der Waals surface area contributed by atoms with E-state index in [-0.39, 0.29) is 18.6 Å². The van der Waals surface area contributed by atoms with E-state index in [1.165, 1.54) is 12.5 Å². The van der Waals surface area contributed by atoms with E-state index in [0.29, 0.717) is 12.5 Å². The molecule has 6 heteroatoms. The standard InChI is InChI=1S/C22H27N3O3/c1-17-7-5-6-10-20(17)24-21(26)16-28-22(27)12-11-19-13-23-25(15-19)14-18-8-3-2-4-9-18/h2-4,8-9,11-13,15,17,20H,5-7,10,14,16H2,1H3,(H,24,26)/b12-11+/t17-,20+/m0/s1. The molecule has 0 unspecified atom stereocenters. The molecular weight excluding hydrogens is 354 g/mol. The quantitative estimate of drug-likeness (QED) is 0.591. The van der Waals surface area contributed by atoms with E-state index in [0.717, 1.165) is 30.4 Å². The van der Waals surface area contributed by atoms with E-state index >= 15 is 0 Å². The number of hydrogen-bond donors (Lipinski definition) is 1. The van der Waals surface area contributed by atoms with E-state index in [4.69, 9.17) is 4.74 Å². The third kappa shape index (κ3) is 6.08. The highest BCUT2D eigenvalue weighted by atomic mass is 16.5. The summed E-state index contributed by atoms with van der Waals surface area (Å²) >= 11 is 0. The summed E-state index contributed by atoms with van der Waals surface area (Å²) in [4.78, 5) is 23.8. The first-order chi connectivity index (χ1) is 13.6. The molecule has 0 aliphatic heterocycles. The molecule has 1 aromatic carbocycles. The number of carbonyl (C=O) groups is 2. The number of esters is 1. The number of ether oxygens (including phenoxy) is 1. The largest absolute Gasteiger partial charge is 0.452 e. The maximum absolute atomic E-state index is 12.0. The first-order valence-electron chi connectivity index (χ1n) is 9.81. The van der Waals surface area contributed by atoms with E-state index in [2.05, 4.69) is 17.3 Å². The molecular formula is C22H27N3O3. The normalized spacial score (nSPS) is 19.5. The van der Waals surface area contributed by atoms with Gasteiger partial charge in [-0.25, -0.2) is 4.79 Å². The number of hydrogen-bond acceptors (Lipinski definition) is 4. The Morgan fingerprint density at radius 1 is 1.25 bits per heavy atom. The number of benzene rings is 1. The van der Waals surface area contributed by atoms with Crippen molar-refractivity contribution in [2.75, 3.05) is 6.61 Å². The molecule has 1 fully saturated rings. The minimum atomic E-state index is -0.539. The average molecular weight is 381 g/mol. The highest BCUT2D eigenvalue weighted by molar-refractivity contribution is 5.89. The molecule has 1 saturated carbocycles. The summed E-state index contributed by atoms with van der Waals surface area (Å²) in [5, 5.41) is 7.26. The number of amides is 1. The van der Waals surface area contributed by atoms with Crippen LogP contribution in [0.3, 0.4) is 0 Å². The van der Waals surface area contributed by atoms with Crippen molar-refractivity contribution in [3.63, 3.8) is 0 Å². The Morgan fingerprint density at radius 2 is 2.04 bits per heavy atom. The zero-order valence-corrected chi connectivity index (χ0v) is 16.2. The van der Waals surface area contributed by atoms with Crippen molar-refractivity contribution in [3.05, 3.63) is 59.9 Å². The lowest BCUT2D eigenvalue weighted by molar-refractivity contribution is -0.144. The van der Waals surface area contributed by atoms with Gasteiger partial charge in [0.2, 0.25) is 0 Å². The number of rotatable bonds is 7. The average Bonchev–Trinajstić information content (AvgIpc) is 3.15. The molecule has 2 atom stereocenters. The Balaban J connectivity index is 1.42. The van der Waals surface area contributed by atoms with Crippen LogP contribution in [0.5, 0.6) is 0 Å². The van der Waals surface area contributed by atoms with E-state index in [1.807, 2.05) is 36.5 Å². The summed E-state index contributed by atoms with van der Waals surface area (Å²) in [6, 6.07) is 10.2. The van der Waals surface area contributed by atoms with Crippen molar-refractivity contribution in [3.8, 4) is 0 Å². The summed E-state index contributed by atoms with van der Waals surface area (Å²) < 4.78 is 6.84. The number of aromatic nitrogens is 2. The first-order valence-corrected chi connectivity index (χ1v) is 9.81. The highest BCUT2D eigenvalue weighted by Crippen LogP contribution is 2.23. The van der Waals surface area contributed by atoms with Gasteiger partial charge in [-0.15, -0.1) is 0 Å². The summed E-state index contributed by atoms with van der Waals surface area (Å²) in [5.74, 6) is -0.306. The molecule has 148 valence electrons. The molecule has 28 heavy (non-hydrogen) atoms. The molecule has 3 rings (SSSR count). The Labute approximate surface area is 165 Å². The Bertz CT molecular complexity index is 813. The Hall–Kier alpha value is -2.89. The van der Waals surface area contributed by atoms with Gasteiger partial charge >= 0.3 is 5.97 Å². The van der Waals surface area contributed by atoms with Gasteiger partial charge in [0, 0.05) is 23.9 Å². The molecule has 1 N–H and O–H groups in total. The van der Waals surface area contributed by atoms with Gasteiger partial charge in [-0.1, -0.05) is 50.1 Å². The van der Waals surface area contributed by atoms with Crippen molar-refractivity contribution < 1.29 is 14.3 Å². The summed E-state index contributed by atoms with van der Waals surface area (Å²) in [5.41, 5.74) is 1.95. The fraction of sp³-hybridized carbons (Fsp3) is 0.409. The van der Waals surface area contributed by atoms with Crippen LogP contribution in [0, 0.1) is 5.92 Å². The van der Waals surface area contributed by atoms with Crippen molar-refractivity contribution in [2.24, 2.45) is 5.92 Å². The second-order valence-corrected chi connectivity index (χ2v) is 7.33. The van der Waals surface area contributed by atoms with Crippen molar-refractivity contribution in [1.82, 2.24) is 15.1 Å². The van der Waals surface area contributed by atoms with Crippen LogP contribution in [0.2, 0.25) is 0 Å². The zero-order chi connectivity index (χ0) is 19.8. The monoisotopic (exact) mass is 381 g/mol. The predicted molar refractivity (Wildman–Crippen MR) is 107 cm³/mol. The summed E-state index contributed by atoms with van der Waals surface area (Å²) in [6.45, 7) is 2.56. The second kappa shape index (κ2) is 9.88. The SMILES string of the molecule is C[C@H]1CCCC[C@H]1NC(=O)COC(=O)/C=C/c1cnn(Cc2ccccc2)c1. The van der Waals surface area contributed by atoms with Crippen molar-refractivity contribution >= 4 is 18.0 Å². The van der Waals surface area contributed by atoms with Gasteiger partial charge in [-0.3, -0.25) is 9.48 Å². The number of carbonyl (C=O) groups excluding carboxylic acids is 2. The lowest BCUT2D eigenvalue weighted by atomic mass is 9.86. The van der Waals surface area contributed by atoms with Gasteiger partial charge in [-0.2, -0.15) is 5.10 Å². The fourth-order valence-electron chi connectivity index (χ4n) is 3.45. The van der Waals surface area contributed by atoms with Crippen LogP contribution in [-0.2, 0) is 20.9 Å². The topological polar surface area (TPSA) is 73.2 Å². The van der Waals surface area contributed by atoms with E-state index < -0.39 is 5.97 Å². The lowest BCUT2D eigenvalue weighted by Crippen LogP contribution is -2.42. The van der Waals surface area contributed by atoms with Crippen LogP contribution in [0.1, 0.15) is 43.7 Å². The molecule has 0 radical (unpaired) electrons. The highest BCUT2D eigenvalue weighted by Gasteiger charge is 2.22. The summed E-state index contributed by atoms with van der Waals surface area (Å²) in [6.07, 6.45) is 11.0. The molecule has 1 aliphatic rings. The van der Waals surface area contributed by atoms with Crippen LogP contribution in [0.25, 0.3) is 6.08 Å². The molecule has 1 aromatic heterocycles. The number of nitrogens with zero attached hydrogens (tertiary/aromatic N) is 2. The Morgan fingerprint density at radius 3 is 2.82 bits per heavy atom. The maximum atomic E-state index is 12.0. The molecule has 1 heterocycles. The van der Waals surface area contributed by atoms with Gasteiger partial charge in [0.25, 0.3) is 5.91 Å². The molecule has 1 amide bonds. The predicted octanol–water partition coefficient (Wildman–Crippen LogP) is 3.18. The van der Waals surface area contributed by atoms with Crippen LogP contribution in [-0.4, -0.2) is 34.3 Å². The minimum absolute atomic E-state index is 0.186. The van der Waals surface area contributed by atoms with Gasteiger partial charge < -0.3 is 10.1 Å². The van der Waals surface area contributed by atoms with Gasteiger partial charge in [0.15, 0.2) is 6.61 Å². The zero-order valence-electron chi connectivity index (χ0n) is 16.2. The minimum Gasteiger partial charge on any atom is -0.452 e. The second-order valence-electron chi connectivity index (χ2n) is 7.33. The third-order valence-electron chi connectivity index (χ3n) is 5.06. The molecule has 1 aliphatic carbocycles. The van der Waals surface area contributed by atoms with Gasteiger partial charge in [-0.05, 0) is 30.4 Å². The maximum Gasteiger partial charge on any atom is 0.331 e. The van der Waals surface area contributed by atoms with Crippen LogP contribution >= 0.6 is 0 Å². The third-order valence-corrected chi connectivity index (χ3v) is 5.06. The fourth-order valence-corrected chi connectivity index (χ4v) is 3.45. The van der Waals surface area contributed by atoms with Crippen molar-refractivity contribution in [2.45, 2.75) is 45.2 Å². The smallest absolute Gasteiger partial charge is 0.331 e.